The van der Waals surface area contributed by atoms with Crippen molar-refractivity contribution in [1.82, 2.24) is 24.8 Å². The van der Waals surface area contributed by atoms with Crippen LogP contribution in [0, 0.1) is 5.92 Å². The molecule has 1 N–H and O–H groups in total. The van der Waals surface area contributed by atoms with E-state index in [1.54, 1.807) is 12.4 Å². The first-order valence-electron chi connectivity index (χ1n) is 11.0. The quantitative estimate of drug-likeness (QED) is 0.216. The molecule has 5 aromatic rings. The number of fused-ring (bicyclic) bond motifs is 7. The Balaban J connectivity index is 1.46. The maximum atomic E-state index is 5.67. The molecular weight excluding hydrogens is 416 g/mol. The van der Waals surface area contributed by atoms with Gasteiger partial charge in [0.05, 0.1) is 22.1 Å². The van der Waals surface area contributed by atoms with Crippen LogP contribution in [0.2, 0.25) is 0 Å². The number of anilines is 1. The average Bonchev–Trinajstić information content (AvgIpc) is 2.83. The molecule has 4 heterocycles. The van der Waals surface area contributed by atoms with Crippen molar-refractivity contribution >= 4 is 66.9 Å². The molecule has 32 heavy (non-hydrogen) atoms. The molecule has 1 saturated heterocycles. The molecule has 2 aromatic carbocycles. The third kappa shape index (κ3) is 3.20. The minimum atomic E-state index is 0.768. The molecule has 0 unspecified atom stereocenters. The zero-order valence-corrected chi connectivity index (χ0v) is 18.6. The normalized spacial score (nSPS) is 15.1. The van der Waals surface area contributed by atoms with Gasteiger partial charge >= 0.3 is 0 Å². The number of thiocarbonyl (C=S) groups is 1. The summed E-state index contributed by atoms with van der Waals surface area (Å²) in [4.78, 5) is 21.4. The lowest BCUT2D eigenvalue weighted by Crippen LogP contribution is -2.40. The van der Waals surface area contributed by atoms with Crippen molar-refractivity contribution in [2.45, 2.75) is 19.8 Å². The van der Waals surface area contributed by atoms with Gasteiger partial charge in [0.2, 0.25) is 0 Å². The SMILES string of the molecule is CC1CCN(C(=S)Nc2ccc3nc4c5ncccc5c5cccnc5c4nc3c2)CC1. The molecule has 3 aromatic heterocycles. The third-order valence-electron chi connectivity index (χ3n) is 6.34. The lowest BCUT2D eigenvalue weighted by atomic mass is 10.00. The fraction of sp³-hybridized carbons (Fsp3) is 0.240. The van der Waals surface area contributed by atoms with Gasteiger partial charge in [-0.2, -0.15) is 0 Å². The molecule has 0 spiro atoms. The zero-order valence-electron chi connectivity index (χ0n) is 17.7. The lowest BCUT2D eigenvalue weighted by molar-refractivity contribution is 0.283. The largest absolute Gasteiger partial charge is 0.349 e. The highest BCUT2D eigenvalue weighted by atomic mass is 32.1. The lowest BCUT2D eigenvalue weighted by Gasteiger charge is -2.32. The Morgan fingerprint density at radius 3 is 2.16 bits per heavy atom. The van der Waals surface area contributed by atoms with Gasteiger partial charge in [-0.3, -0.25) is 9.97 Å². The fourth-order valence-electron chi connectivity index (χ4n) is 4.50. The Morgan fingerprint density at radius 2 is 1.50 bits per heavy atom. The molecule has 1 aliphatic rings. The van der Waals surface area contributed by atoms with Gasteiger partial charge in [-0.25, -0.2) is 9.97 Å². The minimum Gasteiger partial charge on any atom is -0.349 e. The van der Waals surface area contributed by atoms with E-state index in [1.807, 2.05) is 30.3 Å². The van der Waals surface area contributed by atoms with E-state index in [0.29, 0.717) is 0 Å². The van der Waals surface area contributed by atoms with E-state index >= 15 is 0 Å². The van der Waals surface area contributed by atoms with Crippen LogP contribution >= 0.6 is 12.2 Å². The molecule has 1 aliphatic heterocycles. The first-order chi connectivity index (χ1) is 15.7. The van der Waals surface area contributed by atoms with Gasteiger partial charge in [0.25, 0.3) is 0 Å². The highest BCUT2D eigenvalue weighted by Crippen LogP contribution is 2.32. The van der Waals surface area contributed by atoms with E-state index < -0.39 is 0 Å². The van der Waals surface area contributed by atoms with Crippen LogP contribution in [0.3, 0.4) is 0 Å². The smallest absolute Gasteiger partial charge is 0.173 e. The van der Waals surface area contributed by atoms with Crippen LogP contribution in [0.5, 0.6) is 0 Å². The van der Waals surface area contributed by atoms with Crippen LogP contribution in [-0.4, -0.2) is 43.0 Å². The number of benzene rings is 2. The summed E-state index contributed by atoms with van der Waals surface area (Å²) in [6, 6.07) is 14.0. The first-order valence-corrected chi connectivity index (χ1v) is 11.4. The molecule has 0 radical (unpaired) electrons. The van der Waals surface area contributed by atoms with E-state index in [1.165, 1.54) is 12.8 Å². The number of pyridine rings is 2. The predicted octanol–water partition coefficient (Wildman–Crippen LogP) is 5.31. The maximum Gasteiger partial charge on any atom is 0.173 e. The minimum absolute atomic E-state index is 0.768. The van der Waals surface area contributed by atoms with E-state index in [4.69, 9.17) is 22.2 Å². The second-order valence-corrected chi connectivity index (χ2v) is 8.91. The summed E-state index contributed by atoms with van der Waals surface area (Å²) in [6.07, 6.45) is 5.95. The molecule has 158 valence electrons. The number of nitrogens with zero attached hydrogens (tertiary/aromatic N) is 5. The Morgan fingerprint density at radius 1 is 0.875 bits per heavy atom. The fourth-order valence-corrected chi connectivity index (χ4v) is 4.80. The topological polar surface area (TPSA) is 66.8 Å². The Kier molecular flexibility index (Phi) is 4.57. The highest BCUT2D eigenvalue weighted by molar-refractivity contribution is 7.80. The standard InChI is InChI=1S/C25H22N6S/c1-15-8-12-31(13-9-15)25(32)28-16-6-7-19-20(14-16)30-24-22-18(5-3-11-27-22)17-4-2-10-26-21(17)23(24)29-19/h2-7,10-11,14-15H,8-9,12-13H2,1H3,(H,28,32). The molecule has 6 rings (SSSR count). The first kappa shape index (κ1) is 19.3. The molecule has 0 atom stereocenters. The molecule has 1 fully saturated rings. The molecule has 0 amide bonds. The number of hydrogen-bond donors (Lipinski definition) is 1. The maximum absolute atomic E-state index is 5.67. The van der Waals surface area contributed by atoms with Gasteiger partial charge < -0.3 is 10.2 Å². The van der Waals surface area contributed by atoms with Crippen LogP contribution < -0.4 is 5.32 Å². The summed E-state index contributed by atoms with van der Waals surface area (Å²) in [5.41, 5.74) is 5.78. The van der Waals surface area contributed by atoms with Crippen molar-refractivity contribution in [2.75, 3.05) is 18.4 Å². The van der Waals surface area contributed by atoms with Gasteiger partial charge in [-0.15, -0.1) is 0 Å². The zero-order chi connectivity index (χ0) is 21.7. The Labute approximate surface area is 190 Å². The van der Waals surface area contributed by atoms with Crippen molar-refractivity contribution < 1.29 is 0 Å². The monoisotopic (exact) mass is 438 g/mol. The Hall–Kier alpha value is -3.45. The van der Waals surface area contributed by atoms with Gasteiger partial charge in [0, 0.05) is 41.9 Å². The van der Waals surface area contributed by atoms with Gasteiger partial charge in [0.1, 0.15) is 11.0 Å². The van der Waals surface area contributed by atoms with Crippen LogP contribution in [0.25, 0.3) is 43.9 Å². The van der Waals surface area contributed by atoms with Gasteiger partial charge in [-0.1, -0.05) is 19.1 Å². The third-order valence-corrected chi connectivity index (χ3v) is 6.70. The predicted molar refractivity (Wildman–Crippen MR) is 134 cm³/mol. The number of hydrogen-bond acceptors (Lipinski definition) is 5. The number of likely N-dealkylation sites (tertiary alicyclic amines) is 1. The summed E-state index contributed by atoms with van der Waals surface area (Å²) < 4.78 is 0. The van der Waals surface area contributed by atoms with E-state index in [9.17, 15) is 0 Å². The average molecular weight is 439 g/mol. The van der Waals surface area contributed by atoms with E-state index in [-0.39, 0.29) is 0 Å². The van der Waals surface area contributed by atoms with E-state index in [2.05, 4.69) is 39.2 Å². The summed E-state index contributed by atoms with van der Waals surface area (Å²) in [5, 5.41) is 6.24. The van der Waals surface area contributed by atoms with Gasteiger partial charge in [0.15, 0.2) is 5.11 Å². The van der Waals surface area contributed by atoms with Crippen LogP contribution in [-0.2, 0) is 0 Å². The van der Waals surface area contributed by atoms with Crippen molar-refractivity contribution in [3.05, 3.63) is 54.9 Å². The molecule has 7 heteroatoms. The number of piperidine rings is 1. The number of nitrogens with one attached hydrogen (secondary N) is 1. The van der Waals surface area contributed by atoms with Crippen LogP contribution in [0.15, 0.2) is 54.9 Å². The van der Waals surface area contributed by atoms with Crippen molar-refractivity contribution in [3.8, 4) is 0 Å². The second kappa shape index (κ2) is 7.60. The van der Waals surface area contributed by atoms with Crippen molar-refractivity contribution in [2.24, 2.45) is 5.92 Å². The van der Waals surface area contributed by atoms with Gasteiger partial charge in [-0.05, 0) is 61.3 Å². The summed E-state index contributed by atoms with van der Waals surface area (Å²) >= 11 is 5.67. The molecule has 0 aliphatic carbocycles. The Bertz CT molecular complexity index is 1510. The summed E-state index contributed by atoms with van der Waals surface area (Å²) in [7, 11) is 0. The molecular formula is C25H22N6S. The number of aromatic nitrogens is 4. The molecule has 6 nitrogen and oxygen atoms in total. The van der Waals surface area contributed by atoms with Crippen molar-refractivity contribution in [1.29, 1.82) is 0 Å². The highest BCUT2D eigenvalue weighted by Gasteiger charge is 2.18. The second-order valence-electron chi connectivity index (χ2n) is 8.52. The number of rotatable bonds is 1. The summed E-state index contributed by atoms with van der Waals surface area (Å²) in [5.74, 6) is 0.771. The summed E-state index contributed by atoms with van der Waals surface area (Å²) in [6.45, 7) is 4.31. The molecule has 0 saturated carbocycles. The van der Waals surface area contributed by atoms with Crippen LogP contribution in [0.1, 0.15) is 19.8 Å². The van der Waals surface area contributed by atoms with Crippen molar-refractivity contribution in [3.63, 3.8) is 0 Å². The van der Waals surface area contributed by atoms with E-state index in [0.717, 1.165) is 73.7 Å². The van der Waals surface area contributed by atoms with Crippen LogP contribution in [0.4, 0.5) is 5.69 Å². The molecule has 0 bridgehead atoms.